The first kappa shape index (κ1) is 14.2. The molecule has 0 N–H and O–H groups in total. The Balaban J connectivity index is 1.77. The lowest BCUT2D eigenvalue weighted by Gasteiger charge is -2.06. The van der Waals surface area contributed by atoms with Crippen LogP contribution in [0.2, 0.25) is 0 Å². The van der Waals surface area contributed by atoms with Gasteiger partial charge in [-0.25, -0.2) is 4.98 Å². The minimum atomic E-state index is 0.957. The van der Waals surface area contributed by atoms with Crippen molar-refractivity contribution in [2.24, 2.45) is 0 Å². The minimum Gasteiger partial charge on any atom is -0.341 e. The molecule has 0 bridgehead atoms. The zero-order chi connectivity index (χ0) is 16.8. The second-order valence-corrected chi connectivity index (χ2v) is 6.38. The molecule has 25 heavy (non-hydrogen) atoms. The molecule has 5 aromatic rings. The predicted molar refractivity (Wildman–Crippen MR) is 106 cm³/mol. The first-order valence-corrected chi connectivity index (χ1v) is 8.72. The van der Waals surface area contributed by atoms with Crippen molar-refractivity contribution in [2.45, 2.75) is 13.5 Å². The summed E-state index contributed by atoms with van der Waals surface area (Å²) in [6, 6.07) is 27.8. The molecule has 0 atom stereocenters. The summed E-state index contributed by atoms with van der Waals surface area (Å²) in [4.78, 5) is 4.85. The van der Waals surface area contributed by atoms with Crippen molar-refractivity contribution in [3.05, 3.63) is 78.9 Å². The predicted octanol–water partition coefficient (Wildman–Crippen LogP) is 6.03. The number of pyridine rings is 1. The second kappa shape index (κ2) is 5.45. The molecular formula is C23H18N2. The minimum absolute atomic E-state index is 0.957. The van der Waals surface area contributed by atoms with Crippen LogP contribution in [0.15, 0.2) is 78.9 Å². The molecule has 2 aromatic heterocycles. The van der Waals surface area contributed by atoms with Gasteiger partial charge in [0.2, 0.25) is 0 Å². The third kappa shape index (κ3) is 2.14. The van der Waals surface area contributed by atoms with Gasteiger partial charge in [0.05, 0.1) is 11.2 Å². The van der Waals surface area contributed by atoms with Crippen molar-refractivity contribution >= 4 is 32.7 Å². The van der Waals surface area contributed by atoms with E-state index in [0.29, 0.717) is 0 Å². The van der Waals surface area contributed by atoms with E-state index in [1.54, 1.807) is 0 Å². The number of rotatable bonds is 2. The van der Waals surface area contributed by atoms with Gasteiger partial charge in [0.25, 0.3) is 0 Å². The molecule has 0 aliphatic rings. The molecule has 0 unspecified atom stereocenters. The third-order valence-corrected chi connectivity index (χ3v) is 4.98. The average Bonchev–Trinajstić information content (AvgIpc) is 3.00. The Morgan fingerprint density at radius 3 is 2.48 bits per heavy atom. The van der Waals surface area contributed by atoms with Gasteiger partial charge in [0.15, 0.2) is 0 Å². The number of benzene rings is 3. The number of fused-ring (bicyclic) bond motifs is 4. The molecule has 0 aliphatic heterocycles. The first-order chi connectivity index (χ1) is 12.3. The summed E-state index contributed by atoms with van der Waals surface area (Å²) in [7, 11) is 0. The molecule has 2 heterocycles. The topological polar surface area (TPSA) is 17.8 Å². The van der Waals surface area contributed by atoms with Gasteiger partial charge < -0.3 is 4.57 Å². The van der Waals surface area contributed by atoms with E-state index in [9.17, 15) is 0 Å². The van der Waals surface area contributed by atoms with Gasteiger partial charge in [-0.1, -0.05) is 54.6 Å². The molecule has 0 saturated heterocycles. The number of hydrogen-bond donors (Lipinski definition) is 0. The molecule has 3 aromatic carbocycles. The van der Waals surface area contributed by atoms with Crippen LogP contribution in [0.4, 0.5) is 0 Å². The van der Waals surface area contributed by atoms with Gasteiger partial charge in [-0.05, 0) is 31.2 Å². The Kier molecular flexibility index (Phi) is 3.10. The SMILES string of the molecule is CCn1c2ccccc2c2ccc(-c3ccc4ccccc4n3)cc21. The van der Waals surface area contributed by atoms with Gasteiger partial charge in [0.1, 0.15) is 0 Å². The van der Waals surface area contributed by atoms with Gasteiger partial charge in [0, 0.05) is 39.3 Å². The van der Waals surface area contributed by atoms with Gasteiger partial charge in [-0.2, -0.15) is 0 Å². The molecule has 0 spiro atoms. The maximum atomic E-state index is 4.85. The van der Waals surface area contributed by atoms with E-state index in [1.165, 1.54) is 27.2 Å². The van der Waals surface area contributed by atoms with E-state index >= 15 is 0 Å². The van der Waals surface area contributed by atoms with E-state index < -0.39 is 0 Å². The summed E-state index contributed by atoms with van der Waals surface area (Å²) in [6.45, 7) is 3.16. The summed E-state index contributed by atoms with van der Waals surface area (Å²) in [5.41, 5.74) is 5.79. The lowest BCUT2D eigenvalue weighted by atomic mass is 10.1. The lowest BCUT2D eigenvalue weighted by molar-refractivity contribution is 0.827. The highest BCUT2D eigenvalue weighted by atomic mass is 15.0. The molecule has 0 radical (unpaired) electrons. The van der Waals surface area contributed by atoms with Crippen LogP contribution < -0.4 is 0 Å². The fourth-order valence-electron chi connectivity index (χ4n) is 3.78. The van der Waals surface area contributed by atoms with Crippen LogP contribution in [-0.4, -0.2) is 9.55 Å². The molecular weight excluding hydrogens is 304 g/mol. The smallest absolute Gasteiger partial charge is 0.0710 e. The van der Waals surface area contributed by atoms with Gasteiger partial charge in [-0.3, -0.25) is 0 Å². The highest BCUT2D eigenvalue weighted by Gasteiger charge is 2.11. The highest BCUT2D eigenvalue weighted by molar-refractivity contribution is 6.09. The van der Waals surface area contributed by atoms with E-state index in [2.05, 4.69) is 84.3 Å². The van der Waals surface area contributed by atoms with Crippen molar-refractivity contribution in [3.8, 4) is 11.3 Å². The largest absolute Gasteiger partial charge is 0.341 e. The molecule has 0 aliphatic carbocycles. The number of hydrogen-bond acceptors (Lipinski definition) is 1. The van der Waals surface area contributed by atoms with Crippen molar-refractivity contribution in [1.29, 1.82) is 0 Å². The van der Waals surface area contributed by atoms with Crippen LogP contribution in [0.1, 0.15) is 6.92 Å². The number of nitrogens with zero attached hydrogens (tertiary/aromatic N) is 2. The van der Waals surface area contributed by atoms with Crippen LogP contribution in [0.5, 0.6) is 0 Å². The van der Waals surface area contributed by atoms with Crippen LogP contribution in [0.25, 0.3) is 44.0 Å². The van der Waals surface area contributed by atoms with Crippen molar-refractivity contribution in [2.75, 3.05) is 0 Å². The summed E-state index contributed by atoms with van der Waals surface area (Å²) in [6.07, 6.45) is 0. The lowest BCUT2D eigenvalue weighted by Crippen LogP contribution is -1.93. The van der Waals surface area contributed by atoms with Gasteiger partial charge >= 0.3 is 0 Å². The van der Waals surface area contributed by atoms with Crippen LogP contribution in [0, 0.1) is 0 Å². The fourth-order valence-corrected chi connectivity index (χ4v) is 3.78. The fraction of sp³-hybridized carbons (Fsp3) is 0.0870. The van der Waals surface area contributed by atoms with E-state index in [4.69, 9.17) is 4.98 Å². The van der Waals surface area contributed by atoms with Crippen LogP contribution in [0.3, 0.4) is 0 Å². The van der Waals surface area contributed by atoms with E-state index in [-0.39, 0.29) is 0 Å². The molecule has 0 amide bonds. The molecule has 0 saturated carbocycles. The van der Waals surface area contributed by atoms with Crippen molar-refractivity contribution < 1.29 is 0 Å². The maximum absolute atomic E-state index is 4.85. The van der Waals surface area contributed by atoms with Crippen molar-refractivity contribution in [1.82, 2.24) is 9.55 Å². The number of para-hydroxylation sites is 2. The van der Waals surface area contributed by atoms with Gasteiger partial charge in [-0.15, -0.1) is 0 Å². The Labute approximate surface area is 146 Å². The summed E-state index contributed by atoms with van der Waals surface area (Å²) in [5.74, 6) is 0. The monoisotopic (exact) mass is 322 g/mol. The van der Waals surface area contributed by atoms with E-state index in [0.717, 1.165) is 23.3 Å². The molecule has 0 fully saturated rings. The number of aryl methyl sites for hydroxylation is 1. The number of aromatic nitrogens is 2. The molecule has 2 nitrogen and oxygen atoms in total. The maximum Gasteiger partial charge on any atom is 0.0710 e. The zero-order valence-corrected chi connectivity index (χ0v) is 14.1. The van der Waals surface area contributed by atoms with Crippen LogP contribution >= 0.6 is 0 Å². The summed E-state index contributed by atoms with van der Waals surface area (Å²) < 4.78 is 2.38. The zero-order valence-electron chi connectivity index (χ0n) is 14.1. The molecule has 2 heteroatoms. The quantitative estimate of drug-likeness (QED) is 0.388. The second-order valence-electron chi connectivity index (χ2n) is 6.38. The van der Waals surface area contributed by atoms with Crippen LogP contribution in [-0.2, 0) is 6.54 Å². The standard InChI is InChI=1S/C23H18N2/c1-2-25-22-10-6-4-8-18(22)19-13-11-17(15-23(19)25)21-14-12-16-7-3-5-9-20(16)24-21/h3-15H,2H2,1H3. The Morgan fingerprint density at radius 2 is 1.56 bits per heavy atom. The van der Waals surface area contributed by atoms with Crippen molar-refractivity contribution in [3.63, 3.8) is 0 Å². The Bertz CT molecular complexity index is 1230. The summed E-state index contributed by atoms with van der Waals surface area (Å²) >= 11 is 0. The first-order valence-electron chi connectivity index (χ1n) is 8.72. The highest BCUT2D eigenvalue weighted by Crippen LogP contribution is 2.32. The molecule has 120 valence electrons. The normalized spacial score (nSPS) is 11.6. The average molecular weight is 322 g/mol. The van der Waals surface area contributed by atoms with E-state index in [1.807, 2.05) is 6.07 Å². The Hall–Kier alpha value is -3.13. The molecule has 5 rings (SSSR count). The summed E-state index contributed by atoms with van der Waals surface area (Å²) in [5, 5.41) is 3.80. The third-order valence-electron chi connectivity index (χ3n) is 4.98. The Morgan fingerprint density at radius 1 is 0.760 bits per heavy atom.